The highest BCUT2D eigenvalue weighted by molar-refractivity contribution is 5.89. The predicted molar refractivity (Wildman–Crippen MR) is 129 cm³/mol. The number of nitrogens with zero attached hydrogens (tertiary/aromatic N) is 1. The van der Waals surface area contributed by atoms with E-state index in [0.29, 0.717) is 29.2 Å². The Labute approximate surface area is 199 Å². The molecule has 0 radical (unpaired) electrons. The Morgan fingerprint density at radius 3 is 2.67 bits per heavy atom. The standard InChI is InChI=1S/C29H41NO3/c1-4-5-11-27(33-28(32)20-9-7-6-8-10-20)19(2)21-12-14-23-24(16-21)26(31)17-29(3)22(18-30)13-15-25(23)29/h6-10,19,21-27,31H,4-5,11-17H2,1-3H3/t19-,21-,22-,23-,24-,25+,26+,27-,29-/m1/s1. The van der Waals surface area contributed by atoms with Gasteiger partial charge in [0.15, 0.2) is 0 Å². The van der Waals surface area contributed by atoms with Crippen molar-refractivity contribution in [3.05, 3.63) is 35.9 Å². The fourth-order valence-electron chi connectivity index (χ4n) is 7.68. The number of benzene rings is 1. The lowest BCUT2D eigenvalue weighted by molar-refractivity contribution is -0.104. The van der Waals surface area contributed by atoms with Gasteiger partial charge in [-0.1, -0.05) is 51.8 Å². The van der Waals surface area contributed by atoms with Crippen LogP contribution in [-0.2, 0) is 4.74 Å². The Kier molecular flexibility index (Phi) is 7.49. The molecule has 180 valence electrons. The molecular weight excluding hydrogens is 410 g/mol. The molecule has 0 aromatic heterocycles. The van der Waals surface area contributed by atoms with Gasteiger partial charge in [-0.15, -0.1) is 0 Å². The molecule has 1 aromatic carbocycles. The van der Waals surface area contributed by atoms with Crippen molar-refractivity contribution in [3.8, 4) is 6.07 Å². The maximum Gasteiger partial charge on any atom is 0.338 e. The van der Waals surface area contributed by atoms with E-state index in [0.717, 1.165) is 57.8 Å². The van der Waals surface area contributed by atoms with Crippen LogP contribution in [0.4, 0.5) is 0 Å². The lowest BCUT2D eigenvalue weighted by atomic mass is 9.52. The van der Waals surface area contributed by atoms with Gasteiger partial charge in [-0.2, -0.15) is 5.26 Å². The lowest BCUT2D eigenvalue weighted by Gasteiger charge is -2.53. The number of rotatable bonds is 7. The first-order valence-electron chi connectivity index (χ1n) is 13.2. The summed E-state index contributed by atoms with van der Waals surface area (Å²) in [4.78, 5) is 12.8. The van der Waals surface area contributed by atoms with Crippen LogP contribution in [-0.4, -0.2) is 23.3 Å². The summed E-state index contributed by atoms with van der Waals surface area (Å²) in [5.41, 5.74) is 0.591. The molecule has 33 heavy (non-hydrogen) atoms. The maximum atomic E-state index is 12.8. The van der Waals surface area contributed by atoms with Crippen LogP contribution >= 0.6 is 0 Å². The zero-order valence-electron chi connectivity index (χ0n) is 20.6. The van der Waals surface area contributed by atoms with E-state index in [9.17, 15) is 15.2 Å². The van der Waals surface area contributed by atoms with Crippen LogP contribution in [0.1, 0.15) is 88.9 Å². The van der Waals surface area contributed by atoms with Crippen molar-refractivity contribution in [1.82, 2.24) is 0 Å². The Balaban J connectivity index is 1.45. The molecule has 4 nitrogen and oxygen atoms in total. The number of ether oxygens (including phenoxy) is 1. The summed E-state index contributed by atoms with van der Waals surface area (Å²) in [6.07, 6.45) is 8.79. The molecule has 3 fully saturated rings. The monoisotopic (exact) mass is 451 g/mol. The summed E-state index contributed by atoms with van der Waals surface area (Å²) in [7, 11) is 0. The fourth-order valence-corrected chi connectivity index (χ4v) is 7.68. The van der Waals surface area contributed by atoms with E-state index < -0.39 is 0 Å². The summed E-state index contributed by atoms with van der Waals surface area (Å²) in [6.45, 7) is 6.69. The molecule has 3 saturated carbocycles. The number of esters is 1. The SMILES string of the molecule is CCCC[C@@H](OC(=O)c1ccccc1)[C@H](C)[C@@H]1CC[C@@H]2[C@@H](C1)[C@@H](O)C[C@]1(C)[C@@H](C#N)CC[C@@H]21. The Hall–Kier alpha value is -1.86. The van der Waals surface area contributed by atoms with E-state index in [1.807, 2.05) is 30.3 Å². The van der Waals surface area contributed by atoms with E-state index in [1.165, 1.54) is 0 Å². The van der Waals surface area contributed by atoms with E-state index in [-0.39, 0.29) is 35.4 Å². The number of aliphatic hydroxyl groups is 1. The Morgan fingerprint density at radius 2 is 1.97 bits per heavy atom. The van der Waals surface area contributed by atoms with Gasteiger partial charge in [0.2, 0.25) is 0 Å². The molecule has 1 N–H and O–H groups in total. The van der Waals surface area contributed by atoms with Crippen molar-refractivity contribution >= 4 is 5.97 Å². The van der Waals surface area contributed by atoms with Crippen molar-refractivity contribution in [1.29, 1.82) is 5.26 Å². The van der Waals surface area contributed by atoms with Gasteiger partial charge in [-0.05, 0) is 92.1 Å². The molecule has 0 amide bonds. The molecule has 4 rings (SSSR count). The number of hydrogen-bond donors (Lipinski definition) is 1. The summed E-state index contributed by atoms with van der Waals surface area (Å²) >= 11 is 0. The first-order valence-corrected chi connectivity index (χ1v) is 13.2. The highest BCUT2D eigenvalue weighted by Gasteiger charge is 2.58. The zero-order valence-corrected chi connectivity index (χ0v) is 20.6. The largest absolute Gasteiger partial charge is 0.458 e. The molecule has 0 bridgehead atoms. The molecule has 0 aliphatic heterocycles. The van der Waals surface area contributed by atoms with Crippen LogP contribution in [0.2, 0.25) is 0 Å². The molecule has 3 aliphatic rings. The number of carbonyl (C=O) groups is 1. The van der Waals surface area contributed by atoms with Crippen LogP contribution in [0, 0.1) is 52.3 Å². The Morgan fingerprint density at radius 1 is 1.21 bits per heavy atom. The van der Waals surface area contributed by atoms with Crippen LogP contribution < -0.4 is 0 Å². The molecule has 3 aliphatic carbocycles. The van der Waals surface area contributed by atoms with Gasteiger partial charge in [0, 0.05) is 0 Å². The average Bonchev–Trinajstić information content (AvgIpc) is 3.17. The van der Waals surface area contributed by atoms with Gasteiger partial charge < -0.3 is 9.84 Å². The minimum atomic E-state index is -0.318. The second-order valence-electron chi connectivity index (χ2n) is 11.4. The molecule has 1 aromatic rings. The number of unbranched alkanes of at least 4 members (excludes halogenated alkanes) is 1. The molecule has 4 heteroatoms. The normalized spacial score (nSPS) is 37.3. The van der Waals surface area contributed by atoms with Crippen molar-refractivity contribution in [2.75, 3.05) is 0 Å². The molecule has 0 unspecified atom stereocenters. The van der Waals surface area contributed by atoms with E-state index in [4.69, 9.17) is 4.74 Å². The lowest BCUT2D eigenvalue weighted by Crippen LogP contribution is -2.51. The summed E-state index contributed by atoms with van der Waals surface area (Å²) in [5.74, 6) is 2.02. The van der Waals surface area contributed by atoms with Crippen molar-refractivity contribution in [2.45, 2.75) is 90.8 Å². The molecule has 0 spiro atoms. The van der Waals surface area contributed by atoms with Gasteiger partial charge in [-0.25, -0.2) is 4.79 Å². The number of carbonyl (C=O) groups excluding carboxylic acids is 1. The molecular formula is C29H41NO3. The fraction of sp³-hybridized carbons (Fsp3) is 0.724. The maximum absolute atomic E-state index is 12.8. The minimum Gasteiger partial charge on any atom is -0.458 e. The number of nitriles is 1. The van der Waals surface area contributed by atoms with E-state index in [2.05, 4.69) is 26.8 Å². The first-order chi connectivity index (χ1) is 15.9. The van der Waals surface area contributed by atoms with Crippen LogP contribution in [0.15, 0.2) is 30.3 Å². The smallest absolute Gasteiger partial charge is 0.338 e. The second-order valence-corrected chi connectivity index (χ2v) is 11.4. The van der Waals surface area contributed by atoms with Crippen LogP contribution in [0.25, 0.3) is 0 Å². The second kappa shape index (κ2) is 10.2. The van der Waals surface area contributed by atoms with Gasteiger partial charge >= 0.3 is 5.97 Å². The molecule has 9 atom stereocenters. The third-order valence-electron chi connectivity index (χ3n) is 9.66. The molecule has 0 saturated heterocycles. The van der Waals surface area contributed by atoms with Gasteiger partial charge in [0.25, 0.3) is 0 Å². The van der Waals surface area contributed by atoms with Gasteiger partial charge in [0.1, 0.15) is 6.10 Å². The number of fused-ring (bicyclic) bond motifs is 3. The van der Waals surface area contributed by atoms with Crippen molar-refractivity contribution in [2.24, 2.45) is 40.9 Å². The van der Waals surface area contributed by atoms with Gasteiger partial charge in [-0.3, -0.25) is 0 Å². The van der Waals surface area contributed by atoms with Crippen molar-refractivity contribution in [3.63, 3.8) is 0 Å². The van der Waals surface area contributed by atoms with Crippen LogP contribution in [0.3, 0.4) is 0 Å². The molecule has 0 heterocycles. The average molecular weight is 452 g/mol. The summed E-state index contributed by atoms with van der Waals surface area (Å²) in [5, 5.41) is 20.9. The number of aliphatic hydroxyl groups excluding tert-OH is 1. The predicted octanol–water partition coefficient (Wildman–Crippen LogP) is 6.39. The summed E-state index contributed by atoms with van der Waals surface area (Å²) < 4.78 is 6.09. The zero-order chi connectivity index (χ0) is 23.6. The number of hydrogen-bond acceptors (Lipinski definition) is 4. The third kappa shape index (κ3) is 4.72. The van der Waals surface area contributed by atoms with E-state index >= 15 is 0 Å². The Bertz CT molecular complexity index is 848. The topological polar surface area (TPSA) is 70.3 Å². The summed E-state index contributed by atoms with van der Waals surface area (Å²) in [6, 6.07) is 11.9. The minimum absolute atomic E-state index is 0.0251. The van der Waals surface area contributed by atoms with Gasteiger partial charge in [0.05, 0.1) is 23.7 Å². The first kappa shape index (κ1) is 24.3. The highest BCUT2D eigenvalue weighted by Crippen LogP contribution is 2.62. The van der Waals surface area contributed by atoms with Crippen molar-refractivity contribution < 1.29 is 14.6 Å². The highest BCUT2D eigenvalue weighted by atomic mass is 16.5. The van der Waals surface area contributed by atoms with Crippen LogP contribution in [0.5, 0.6) is 0 Å². The van der Waals surface area contributed by atoms with E-state index in [1.54, 1.807) is 0 Å². The third-order valence-corrected chi connectivity index (χ3v) is 9.66. The quantitative estimate of drug-likeness (QED) is 0.488.